The van der Waals surface area contributed by atoms with Crippen molar-refractivity contribution < 1.29 is 13.6 Å². The van der Waals surface area contributed by atoms with Crippen molar-refractivity contribution in [3.8, 4) is 11.5 Å². The molecule has 1 saturated heterocycles. The summed E-state index contributed by atoms with van der Waals surface area (Å²) in [7, 11) is -0.893. The SMILES string of the molecule is CN1CCO[P@]12=N[P@@](Cl)(Oc1ccccc1)=N[P@@](Cl)(Oc1ccccc1)=N2. The molecule has 0 saturated carbocycles. The first-order valence-corrected chi connectivity index (χ1v) is 14.7. The van der Waals surface area contributed by atoms with Crippen LogP contribution in [0.25, 0.3) is 0 Å². The van der Waals surface area contributed by atoms with E-state index in [2.05, 4.69) is 13.5 Å². The highest BCUT2D eigenvalue weighted by Crippen LogP contribution is 2.83. The van der Waals surface area contributed by atoms with Gasteiger partial charge in [-0.15, -0.1) is 4.52 Å². The van der Waals surface area contributed by atoms with E-state index < -0.39 is 21.2 Å². The minimum Gasteiger partial charge on any atom is -0.431 e. The molecule has 0 unspecified atom stereocenters. The van der Waals surface area contributed by atoms with Gasteiger partial charge >= 0.3 is 13.6 Å². The lowest BCUT2D eigenvalue weighted by Gasteiger charge is -2.30. The van der Waals surface area contributed by atoms with Crippen LogP contribution in [-0.2, 0) is 4.52 Å². The minimum absolute atomic E-state index is 0.488. The van der Waals surface area contributed by atoms with Crippen LogP contribution in [0.3, 0.4) is 0 Å². The van der Waals surface area contributed by atoms with E-state index in [-0.39, 0.29) is 0 Å². The quantitative estimate of drug-likeness (QED) is 0.441. The first-order chi connectivity index (χ1) is 12.9. The molecule has 12 heteroatoms. The fraction of sp³-hybridized carbons (Fsp3) is 0.200. The fourth-order valence-electron chi connectivity index (χ4n) is 2.49. The molecule has 7 nitrogen and oxygen atoms in total. The van der Waals surface area contributed by atoms with Crippen LogP contribution >= 0.6 is 43.6 Å². The number of hydrogen-bond donors (Lipinski definition) is 0. The van der Waals surface area contributed by atoms with Crippen molar-refractivity contribution in [3.05, 3.63) is 60.7 Å². The van der Waals surface area contributed by atoms with Crippen LogP contribution in [0.4, 0.5) is 0 Å². The van der Waals surface area contributed by atoms with Gasteiger partial charge in [0.2, 0.25) is 0 Å². The number of likely N-dealkylation sites (N-methyl/N-ethyl adjacent to an activating group) is 1. The lowest BCUT2D eigenvalue weighted by Crippen LogP contribution is -2.09. The summed E-state index contributed by atoms with van der Waals surface area (Å²) >= 11 is 13.6. The van der Waals surface area contributed by atoms with Crippen molar-refractivity contribution >= 4 is 43.6 Å². The Morgan fingerprint density at radius 1 is 0.852 bits per heavy atom. The summed E-state index contributed by atoms with van der Waals surface area (Å²) < 4.78 is 33.6. The molecule has 2 aliphatic rings. The second-order valence-electron chi connectivity index (χ2n) is 5.75. The maximum absolute atomic E-state index is 6.78. The Balaban J connectivity index is 1.82. The number of para-hydroxylation sites is 2. The van der Waals surface area contributed by atoms with E-state index in [1.165, 1.54) is 0 Å². The van der Waals surface area contributed by atoms with E-state index in [1.807, 2.05) is 48.1 Å². The van der Waals surface area contributed by atoms with Crippen molar-refractivity contribution in [1.82, 2.24) is 4.67 Å². The Kier molecular flexibility index (Phi) is 5.48. The predicted molar refractivity (Wildman–Crippen MR) is 112 cm³/mol. The highest BCUT2D eigenvalue weighted by atomic mass is 35.7. The Morgan fingerprint density at radius 2 is 1.37 bits per heavy atom. The molecule has 2 aromatic rings. The summed E-state index contributed by atoms with van der Waals surface area (Å²) in [5, 5.41) is 0. The van der Waals surface area contributed by atoms with Gasteiger partial charge in [-0.1, -0.05) is 36.4 Å². The molecule has 144 valence electrons. The topological polar surface area (TPSA) is 68.0 Å². The molecule has 0 N–H and O–H groups in total. The molecule has 4 rings (SSSR count). The van der Waals surface area contributed by atoms with E-state index >= 15 is 0 Å². The molecule has 0 bridgehead atoms. The third kappa shape index (κ3) is 4.31. The van der Waals surface area contributed by atoms with Gasteiger partial charge in [-0.2, -0.15) is 9.03 Å². The van der Waals surface area contributed by atoms with Gasteiger partial charge in [0, 0.05) is 6.54 Å². The zero-order chi connectivity index (χ0) is 19.0. The molecule has 2 aliphatic heterocycles. The fourth-order valence-corrected chi connectivity index (χ4v) is 15.0. The van der Waals surface area contributed by atoms with Gasteiger partial charge in [0.15, 0.2) is 0 Å². The number of hydrogen-bond acceptors (Lipinski definition) is 7. The average molecular weight is 465 g/mol. The van der Waals surface area contributed by atoms with Crippen LogP contribution in [0, 0.1) is 0 Å². The van der Waals surface area contributed by atoms with Gasteiger partial charge < -0.3 is 13.6 Å². The van der Waals surface area contributed by atoms with Crippen molar-refractivity contribution in [1.29, 1.82) is 0 Å². The average Bonchev–Trinajstić information content (AvgIpc) is 2.94. The molecule has 0 radical (unpaired) electrons. The second kappa shape index (κ2) is 7.57. The molecule has 0 aliphatic carbocycles. The zero-order valence-electron chi connectivity index (χ0n) is 14.3. The van der Waals surface area contributed by atoms with Crippen molar-refractivity contribution in [2.24, 2.45) is 13.5 Å². The van der Waals surface area contributed by atoms with Crippen LogP contribution in [0.15, 0.2) is 74.2 Å². The highest BCUT2D eigenvalue weighted by molar-refractivity contribution is 8.01. The van der Waals surface area contributed by atoms with Crippen LogP contribution in [-0.4, -0.2) is 24.9 Å². The maximum atomic E-state index is 6.78. The largest absolute Gasteiger partial charge is 0.431 e. The molecule has 3 atom stereocenters. The van der Waals surface area contributed by atoms with Gasteiger partial charge in [-0.05, 0) is 53.8 Å². The molecule has 27 heavy (non-hydrogen) atoms. The van der Waals surface area contributed by atoms with E-state index in [1.54, 1.807) is 24.3 Å². The summed E-state index contributed by atoms with van der Waals surface area (Å²) in [6, 6.07) is 18.3. The first-order valence-electron chi connectivity index (χ1n) is 8.07. The van der Waals surface area contributed by atoms with Crippen LogP contribution in [0.1, 0.15) is 0 Å². The summed E-state index contributed by atoms with van der Waals surface area (Å²) in [5.74, 6) is 1.11. The normalized spacial score (nSPS) is 33.0. The Bertz CT molecular complexity index is 957. The van der Waals surface area contributed by atoms with Crippen LogP contribution < -0.4 is 9.05 Å². The van der Waals surface area contributed by atoms with Crippen LogP contribution in [0.2, 0.25) is 0 Å². The standard InChI is InChI=1S/C15H17Cl2N4O3P3/c1-21-12-13-22-27(21)19-25(16,23-14-8-4-2-5-9-14)18-26(17,20-27)24-15-10-6-3-7-11-15/h2-11H,12-13H2,1H3/t25-,26+,27-. The predicted octanol–water partition coefficient (Wildman–Crippen LogP) is 7.44. The molecular formula is C15H17Cl2N4O3P3. The molecule has 1 fully saturated rings. The van der Waals surface area contributed by atoms with Gasteiger partial charge in [0.05, 0.1) is 6.61 Å². The first kappa shape index (κ1) is 19.5. The van der Waals surface area contributed by atoms with E-state index in [9.17, 15) is 0 Å². The third-order valence-corrected chi connectivity index (χ3v) is 14.5. The van der Waals surface area contributed by atoms with Crippen molar-refractivity contribution in [3.63, 3.8) is 0 Å². The van der Waals surface area contributed by atoms with Crippen LogP contribution in [0.5, 0.6) is 11.5 Å². The molecule has 0 aromatic heterocycles. The number of benzene rings is 2. The van der Waals surface area contributed by atoms with E-state index in [0.29, 0.717) is 24.7 Å². The number of rotatable bonds is 4. The zero-order valence-corrected chi connectivity index (χ0v) is 18.5. The van der Waals surface area contributed by atoms with Gasteiger partial charge in [0.25, 0.3) is 7.58 Å². The smallest absolute Gasteiger partial charge is 0.353 e. The molecule has 0 amide bonds. The summed E-state index contributed by atoms with van der Waals surface area (Å²) in [5.41, 5.74) is 0. The molecule has 1 spiro atoms. The van der Waals surface area contributed by atoms with Crippen molar-refractivity contribution in [2.45, 2.75) is 0 Å². The second-order valence-corrected chi connectivity index (χ2v) is 14.8. The summed E-state index contributed by atoms with van der Waals surface area (Å²) in [4.78, 5) is 0. The summed E-state index contributed by atoms with van der Waals surface area (Å²) in [6.07, 6.45) is 0. The summed E-state index contributed by atoms with van der Waals surface area (Å²) in [6.45, 7) is -5.22. The monoisotopic (exact) mass is 464 g/mol. The lowest BCUT2D eigenvalue weighted by atomic mass is 10.3. The Labute approximate surface area is 167 Å². The maximum Gasteiger partial charge on any atom is 0.353 e. The molecule has 2 aromatic carbocycles. The molecule has 2 heterocycles. The van der Waals surface area contributed by atoms with Gasteiger partial charge in [-0.25, -0.2) is 4.67 Å². The lowest BCUT2D eigenvalue weighted by molar-refractivity contribution is 0.390. The molecular weight excluding hydrogens is 448 g/mol. The van der Waals surface area contributed by atoms with E-state index in [4.69, 9.17) is 36.1 Å². The highest BCUT2D eigenvalue weighted by Gasteiger charge is 2.44. The minimum atomic E-state index is -3.19. The Hall–Kier alpha value is -0.770. The third-order valence-electron chi connectivity index (χ3n) is 3.73. The van der Waals surface area contributed by atoms with Gasteiger partial charge in [-0.3, -0.25) is 0 Å². The van der Waals surface area contributed by atoms with E-state index in [0.717, 1.165) is 0 Å². The Morgan fingerprint density at radius 3 is 1.85 bits per heavy atom. The van der Waals surface area contributed by atoms with Crippen molar-refractivity contribution in [2.75, 3.05) is 20.2 Å². The van der Waals surface area contributed by atoms with Gasteiger partial charge in [0.1, 0.15) is 11.5 Å². The number of nitrogens with zero attached hydrogens (tertiary/aromatic N) is 4. The number of halogens is 2.